The summed E-state index contributed by atoms with van der Waals surface area (Å²) in [7, 11) is 0. The van der Waals surface area contributed by atoms with E-state index in [2.05, 4.69) is 31.2 Å². The number of anilines is 1. The van der Waals surface area contributed by atoms with Crippen LogP contribution in [0.15, 0.2) is 73.3 Å². The fourth-order valence-electron chi connectivity index (χ4n) is 3.11. The number of carboxylic acids is 1. The Morgan fingerprint density at radius 3 is 2.43 bits per heavy atom. The fraction of sp³-hybridized carbons (Fsp3) is 0.167. The molecule has 0 aliphatic rings. The van der Waals surface area contributed by atoms with Crippen molar-refractivity contribution in [2.45, 2.75) is 19.0 Å². The van der Waals surface area contributed by atoms with E-state index in [1.165, 1.54) is 24.5 Å². The van der Waals surface area contributed by atoms with Crippen LogP contribution in [0.3, 0.4) is 0 Å². The lowest BCUT2D eigenvalue weighted by Gasteiger charge is -2.17. The highest BCUT2D eigenvalue weighted by molar-refractivity contribution is 5.98. The van der Waals surface area contributed by atoms with E-state index in [0.717, 1.165) is 5.56 Å². The summed E-state index contributed by atoms with van der Waals surface area (Å²) < 4.78 is 0. The lowest BCUT2D eigenvalue weighted by molar-refractivity contribution is -0.137. The summed E-state index contributed by atoms with van der Waals surface area (Å²) in [6, 6.07) is 11.9. The van der Waals surface area contributed by atoms with Crippen LogP contribution in [0.1, 0.15) is 33.9 Å². The summed E-state index contributed by atoms with van der Waals surface area (Å²) in [5.41, 5.74) is 2.05. The van der Waals surface area contributed by atoms with Gasteiger partial charge in [-0.15, -0.1) is 0 Å². The first-order valence-corrected chi connectivity index (χ1v) is 10.6. The number of nitrogens with zero attached hydrogens (tertiary/aromatic N) is 2. The Kier molecular flexibility index (Phi) is 8.83. The maximum absolute atomic E-state index is 12.5. The first-order chi connectivity index (χ1) is 16.9. The number of carbonyl (C=O) groups excluding carboxylic acids is 3. The van der Waals surface area contributed by atoms with Crippen LogP contribution in [-0.4, -0.2) is 45.4 Å². The Balaban J connectivity index is 1.51. The van der Waals surface area contributed by atoms with E-state index in [0.29, 0.717) is 17.8 Å². The zero-order valence-corrected chi connectivity index (χ0v) is 18.6. The minimum Gasteiger partial charge on any atom is -0.481 e. The SMILES string of the molecule is O=C(O)CC(NC(=O)CNC(=O)c1cccc(NC(=O)NCc2ccncc2)c1)c1cccnc1. The number of amides is 4. The van der Waals surface area contributed by atoms with E-state index in [-0.39, 0.29) is 18.5 Å². The van der Waals surface area contributed by atoms with Crippen molar-refractivity contribution in [2.24, 2.45) is 0 Å². The van der Waals surface area contributed by atoms with Gasteiger partial charge in [-0.1, -0.05) is 12.1 Å². The Morgan fingerprint density at radius 1 is 0.914 bits per heavy atom. The third-order valence-corrected chi connectivity index (χ3v) is 4.80. The summed E-state index contributed by atoms with van der Waals surface area (Å²) >= 11 is 0. The molecule has 3 rings (SSSR count). The van der Waals surface area contributed by atoms with E-state index >= 15 is 0 Å². The average molecular weight is 476 g/mol. The van der Waals surface area contributed by atoms with Crippen LogP contribution in [0.25, 0.3) is 0 Å². The van der Waals surface area contributed by atoms with Crippen molar-refractivity contribution in [3.8, 4) is 0 Å². The van der Waals surface area contributed by atoms with Gasteiger partial charge < -0.3 is 26.4 Å². The third kappa shape index (κ3) is 8.24. The maximum atomic E-state index is 12.5. The first kappa shape index (κ1) is 24.8. The summed E-state index contributed by atoms with van der Waals surface area (Å²) in [5.74, 6) is -2.17. The van der Waals surface area contributed by atoms with Crippen molar-refractivity contribution in [2.75, 3.05) is 11.9 Å². The molecule has 1 unspecified atom stereocenters. The molecule has 0 bridgehead atoms. The fourth-order valence-corrected chi connectivity index (χ4v) is 3.11. The Bertz CT molecular complexity index is 1170. The molecule has 1 aromatic carbocycles. The second-order valence-electron chi connectivity index (χ2n) is 7.43. The zero-order chi connectivity index (χ0) is 25.0. The average Bonchev–Trinajstić information content (AvgIpc) is 2.86. The second-order valence-corrected chi connectivity index (χ2v) is 7.43. The lowest BCUT2D eigenvalue weighted by Crippen LogP contribution is -2.39. The summed E-state index contributed by atoms with van der Waals surface area (Å²) in [6.07, 6.45) is 5.93. The number of aliphatic carboxylic acids is 1. The van der Waals surface area contributed by atoms with Crippen molar-refractivity contribution in [1.82, 2.24) is 25.9 Å². The van der Waals surface area contributed by atoms with E-state index in [1.807, 2.05) is 0 Å². The van der Waals surface area contributed by atoms with Crippen LogP contribution in [-0.2, 0) is 16.1 Å². The van der Waals surface area contributed by atoms with Gasteiger partial charge >= 0.3 is 12.0 Å². The van der Waals surface area contributed by atoms with Crippen molar-refractivity contribution in [3.63, 3.8) is 0 Å². The minimum atomic E-state index is -1.09. The highest BCUT2D eigenvalue weighted by Crippen LogP contribution is 2.15. The number of carbonyl (C=O) groups is 4. The molecular formula is C24H24N6O5. The highest BCUT2D eigenvalue weighted by atomic mass is 16.4. The van der Waals surface area contributed by atoms with E-state index in [1.54, 1.807) is 48.8 Å². The molecule has 180 valence electrons. The predicted molar refractivity (Wildman–Crippen MR) is 126 cm³/mol. The number of aromatic nitrogens is 2. The predicted octanol–water partition coefficient (Wildman–Crippen LogP) is 1.86. The van der Waals surface area contributed by atoms with Crippen LogP contribution in [0.2, 0.25) is 0 Å². The third-order valence-electron chi connectivity index (χ3n) is 4.80. The van der Waals surface area contributed by atoms with Crippen LogP contribution in [0.5, 0.6) is 0 Å². The molecule has 0 aliphatic heterocycles. The van der Waals surface area contributed by atoms with Gasteiger partial charge in [-0.3, -0.25) is 24.4 Å². The van der Waals surface area contributed by atoms with Crippen LogP contribution in [0.4, 0.5) is 10.5 Å². The number of nitrogens with one attached hydrogen (secondary N) is 4. The largest absolute Gasteiger partial charge is 0.481 e. The normalized spacial score (nSPS) is 11.1. The van der Waals surface area contributed by atoms with Gasteiger partial charge in [0, 0.05) is 42.6 Å². The van der Waals surface area contributed by atoms with Gasteiger partial charge in [-0.25, -0.2) is 4.79 Å². The molecule has 4 amide bonds. The standard InChI is InChI=1S/C24H24N6O5/c31-21(30-20(12-22(32)33)18-4-2-8-26-14-18)15-27-23(34)17-3-1-5-19(11-17)29-24(35)28-13-16-6-9-25-10-7-16/h1-11,14,20H,12-13,15H2,(H,27,34)(H,30,31)(H,32,33)(H2,28,29,35). The second kappa shape index (κ2) is 12.4. The molecule has 0 aliphatic carbocycles. The number of hydrogen-bond acceptors (Lipinski definition) is 6. The molecule has 3 aromatic rings. The number of rotatable bonds is 10. The molecular weight excluding hydrogens is 452 g/mol. The van der Waals surface area contributed by atoms with Crippen LogP contribution in [0, 0.1) is 0 Å². The van der Waals surface area contributed by atoms with Crippen LogP contribution < -0.4 is 21.3 Å². The minimum absolute atomic E-state index is 0.235. The Morgan fingerprint density at radius 2 is 1.71 bits per heavy atom. The molecule has 2 aromatic heterocycles. The van der Waals surface area contributed by atoms with Gasteiger partial charge in [0.2, 0.25) is 5.91 Å². The first-order valence-electron chi connectivity index (χ1n) is 10.6. The molecule has 0 fully saturated rings. The summed E-state index contributed by atoms with van der Waals surface area (Å²) in [6.45, 7) is -0.0507. The quantitative estimate of drug-likeness (QED) is 0.298. The molecule has 5 N–H and O–H groups in total. The smallest absolute Gasteiger partial charge is 0.319 e. The number of hydrogen-bond donors (Lipinski definition) is 5. The van der Waals surface area contributed by atoms with Gasteiger partial charge in [-0.05, 0) is 47.5 Å². The van der Waals surface area contributed by atoms with Crippen molar-refractivity contribution >= 4 is 29.5 Å². The molecule has 11 heteroatoms. The lowest BCUT2D eigenvalue weighted by atomic mass is 10.1. The monoisotopic (exact) mass is 476 g/mol. The van der Waals surface area contributed by atoms with E-state index < -0.39 is 29.9 Å². The molecule has 11 nitrogen and oxygen atoms in total. The number of carboxylic acid groups (broad SMARTS) is 1. The zero-order valence-electron chi connectivity index (χ0n) is 18.6. The molecule has 0 saturated heterocycles. The Labute approximate surface area is 201 Å². The molecule has 0 saturated carbocycles. The van der Waals surface area contributed by atoms with Crippen LogP contribution >= 0.6 is 0 Å². The maximum Gasteiger partial charge on any atom is 0.319 e. The van der Waals surface area contributed by atoms with Gasteiger partial charge in [0.15, 0.2) is 0 Å². The molecule has 1 atom stereocenters. The molecule has 35 heavy (non-hydrogen) atoms. The Hall–Kier alpha value is -4.80. The van der Waals surface area contributed by atoms with E-state index in [4.69, 9.17) is 5.11 Å². The molecule has 0 radical (unpaired) electrons. The van der Waals surface area contributed by atoms with Gasteiger partial charge in [0.05, 0.1) is 19.0 Å². The number of urea groups is 1. The topological polar surface area (TPSA) is 162 Å². The van der Waals surface area contributed by atoms with Gasteiger partial charge in [0.25, 0.3) is 5.91 Å². The number of benzene rings is 1. The summed E-state index contributed by atoms with van der Waals surface area (Å²) in [5, 5.41) is 19.6. The van der Waals surface area contributed by atoms with Crippen molar-refractivity contribution < 1.29 is 24.3 Å². The van der Waals surface area contributed by atoms with E-state index in [9.17, 15) is 19.2 Å². The van der Waals surface area contributed by atoms with Gasteiger partial charge in [-0.2, -0.15) is 0 Å². The highest BCUT2D eigenvalue weighted by Gasteiger charge is 2.19. The van der Waals surface area contributed by atoms with Gasteiger partial charge in [0.1, 0.15) is 0 Å². The van der Waals surface area contributed by atoms with Crippen molar-refractivity contribution in [1.29, 1.82) is 0 Å². The molecule has 0 spiro atoms. The van der Waals surface area contributed by atoms with Crippen molar-refractivity contribution in [3.05, 3.63) is 90.0 Å². The number of pyridine rings is 2. The summed E-state index contributed by atoms with van der Waals surface area (Å²) in [4.78, 5) is 56.0. The molecule has 2 heterocycles.